The summed E-state index contributed by atoms with van der Waals surface area (Å²) in [6.07, 6.45) is 8.45. The Morgan fingerprint density at radius 2 is 2.09 bits per heavy atom. The van der Waals surface area contributed by atoms with Gasteiger partial charge in [-0.15, -0.1) is 11.3 Å². The van der Waals surface area contributed by atoms with Crippen LogP contribution in [0.25, 0.3) is 10.1 Å². The molecule has 1 aliphatic carbocycles. The number of carbonyl (C=O) groups is 1. The average molecular weight is 332 g/mol. The van der Waals surface area contributed by atoms with Crippen molar-refractivity contribution in [3.8, 4) is 0 Å². The molecule has 1 amide bonds. The predicted octanol–water partition coefficient (Wildman–Crippen LogP) is 3.84. The van der Waals surface area contributed by atoms with Gasteiger partial charge in [-0.2, -0.15) is 0 Å². The molecule has 2 aromatic rings. The maximum absolute atomic E-state index is 12.8. The molecule has 0 bridgehead atoms. The SMILES string of the molecule is CCCn1ccc2sc(C)c(C(=O)NC3CCCCC3)c2c1=O. The molecule has 0 radical (unpaired) electrons. The molecule has 1 N–H and O–H groups in total. The third kappa shape index (κ3) is 3.20. The molecule has 0 saturated heterocycles. The summed E-state index contributed by atoms with van der Waals surface area (Å²) in [5.74, 6) is -0.0769. The van der Waals surface area contributed by atoms with E-state index in [1.807, 2.05) is 26.1 Å². The molecule has 124 valence electrons. The van der Waals surface area contributed by atoms with Gasteiger partial charge < -0.3 is 9.88 Å². The zero-order chi connectivity index (χ0) is 16.4. The Morgan fingerprint density at radius 1 is 1.35 bits per heavy atom. The number of fused-ring (bicyclic) bond motifs is 1. The monoisotopic (exact) mass is 332 g/mol. The minimum atomic E-state index is -0.0769. The Kier molecular flexibility index (Phi) is 4.85. The molecule has 3 rings (SSSR count). The lowest BCUT2D eigenvalue weighted by Gasteiger charge is -2.22. The predicted molar refractivity (Wildman–Crippen MR) is 95.5 cm³/mol. The van der Waals surface area contributed by atoms with E-state index in [0.717, 1.165) is 28.8 Å². The number of nitrogens with zero attached hydrogens (tertiary/aromatic N) is 1. The highest BCUT2D eigenvalue weighted by atomic mass is 32.1. The van der Waals surface area contributed by atoms with Gasteiger partial charge in [0.1, 0.15) is 0 Å². The number of hydrogen-bond acceptors (Lipinski definition) is 3. The second-order valence-electron chi connectivity index (χ2n) is 6.40. The van der Waals surface area contributed by atoms with Gasteiger partial charge in [-0.05, 0) is 32.3 Å². The summed E-state index contributed by atoms with van der Waals surface area (Å²) >= 11 is 1.54. The van der Waals surface area contributed by atoms with Crippen LogP contribution in [-0.2, 0) is 6.54 Å². The van der Waals surface area contributed by atoms with Crippen LogP contribution in [0.4, 0.5) is 0 Å². The number of carbonyl (C=O) groups excluding carboxylic acids is 1. The summed E-state index contributed by atoms with van der Waals surface area (Å²) in [6.45, 7) is 4.67. The topological polar surface area (TPSA) is 51.1 Å². The minimum Gasteiger partial charge on any atom is -0.349 e. The van der Waals surface area contributed by atoms with E-state index in [1.54, 1.807) is 4.57 Å². The van der Waals surface area contributed by atoms with Gasteiger partial charge in [0, 0.05) is 28.4 Å². The molecule has 4 nitrogen and oxygen atoms in total. The Labute approximate surface area is 140 Å². The van der Waals surface area contributed by atoms with Crippen molar-refractivity contribution in [2.24, 2.45) is 0 Å². The number of pyridine rings is 1. The summed E-state index contributed by atoms with van der Waals surface area (Å²) in [5.41, 5.74) is 0.550. The quantitative estimate of drug-likeness (QED) is 0.925. The van der Waals surface area contributed by atoms with E-state index in [2.05, 4.69) is 5.32 Å². The molecule has 0 spiro atoms. The Bertz CT molecular complexity index is 769. The van der Waals surface area contributed by atoms with Gasteiger partial charge in [0.2, 0.25) is 0 Å². The number of rotatable bonds is 4. The van der Waals surface area contributed by atoms with Crippen molar-refractivity contribution in [2.45, 2.75) is 65.0 Å². The van der Waals surface area contributed by atoms with E-state index >= 15 is 0 Å². The van der Waals surface area contributed by atoms with Crippen LogP contribution in [-0.4, -0.2) is 16.5 Å². The lowest BCUT2D eigenvalue weighted by molar-refractivity contribution is 0.0929. The van der Waals surface area contributed by atoms with Gasteiger partial charge in [0.25, 0.3) is 11.5 Å². The molecule has 0 unspecified atom stereocenters. The van der Waals surface area contributed by atoms with Crippen LogP contribution in [0.1, 0.15) is 60.7 Å². The first-order valence-corrected chi connectivity index (χ1v) is 9.37. The fraction of sp³-hybridized carbons (Fsp3) is 0.556. The third-order valence-corrected chi connectivity index (χ3v) is 5.69. The maximum atomic E-state index is 12.8. The Balaban J connectivity index is 1.98. The van der Waals surface area contributed by atoms with Gasteiger partial charge in [0.15, 0.2) is 0 Å². The van der Waals surface area contributed by atoms with E-state index in [-0.39, 0.29) is 17.5 Å². The van der Waals surface area contributed by atoms with E-state index in [4.69, 9.17) is 0 Å². The van der Waals surface area contributed by atoms with Gasteiger partial charge in [-0.25, -0.2) is 0 Å². The number of hydrogen-bond donors (Lipinski definition) is 1. The first-order valence-electron chi connectivity index (χ1n) is 8.55. The number of aromatic nitrogens is 1. The van der Waals surface area contributed by atoms with E-state index in [1.165, 1.54) is 30.6 Å². The fourth-order valence-electron chi connectivity index (χ4n) is 3.46. The van der Waals surface area contributed by atoms with E-state index in [9.17, 15) is 9.59 Å². The minimum absolute atomic E-state index is 0.0394. The van der Waals surface area contributed by atoms with Crippen LogP contribution < -0.4 is 10.9 Å². The zero-order valence-corrected chi connectivity index (χ0v) is 14.7. The van der Waals surface area contributed by atoms with Gasteiger partial charge in [-0.1, -0.05) is 26.2 Å². The number of thiophene rings is 1. The van der Waals surface area contributed by atoms with E-state index < -0.39 is 0 Å². The largest absolute Gasteiger partial charge is 0.349 e. The summed E-state index contributed by atoms with van der Waals surface area (Å²) in [4.78, 5) is 26.4. The normalized spacial score (nSPS) is 15.9. The summed E-state index contributed by atoms with van der Waals surface area (Å²) in [7, 11) is 0. The van der Waals surface area contributed by atoms with E-state index in [0.29, 0.717) is 17.5 Å². The molecular weight excluding hydrogens is 308 g/mol. The maximum Gasteiger partial charge on any atom is 0.260 e. The summed E-state index contributed by atoms with van der Waals surface area (Å²) in [5, 5.41) is 3.75. The third-order valence-electron chi connectivity index (χ3n) is 4.62. The summed E-state index contributed by atoms with van der Waals surface area (Å²) in [6, 6.07) is 2.22. The van der Waals surface area contributed by atoms with Crippen molar-refractivity contribution >= 4 is 27.3 Å². The van der Waals surface area contributed by atoms with Crippen LogP contribution in [0.3, 0.4) is 0 Å². The van der Waals surface area contributed by atoms with Crippen molar-refractivity contribution < 1.29 is 4.79 Å². The molecule has 0 aromatic carbocycles. The summed E-state index contributed by atoms with van der Waals surface area (Å²) < 4.78 is 2.62. The van der Waals surface area contributed by atoms with Crippen molar-refractivity contribution in [2.75, 3.05) is 0 Å². The average Bonchev–Trinajstić information content (AvgIpc) is 2.88. The Hall–Kier alpha value is -1.62. The number of amides is 1. The van der Waals surface area contributed by atoms with Crippen LogP contribution in [0.5, 0.6) is 0 Å². The smallest absolute Gasteiger partial charge is 0.260 e. The zero-order valence-electron chi connectivity index (χ0n) is 13.9. The first-order chi connectivity index (χ1) is 11.1. The molecule has 5 heteroatoms. The number of aryl methyl sites for hydroxylation is 2. The first kappa shape index (κ1) is 16.2. The van der Waals surface area contributed by atoms with Gasteiger partial charge in [0.05, 0.1) is 10.9 Å². The molecule has 23 heavy (non-hydrogen) atoms. The van der Waals surface area contributed by atoms with Gasteiger partial charge >= 0.3 is 0 Å². The molecular formula is C18H24N2O2S. The molecule has 0 atom stereocenters. The standard InChI is InChI=1S/C18H24N2O2S/c1-3-10-20-11-9-14-16(18(20)22)15(12(2)23-14)17(21)19-13-7-5-4-6-8-13/h9,11,13H,3-8,10H2,1-2H3,(H,19,21). The molecule has 0 aliphatic heterocycles. The fourth-order valence-corrected chi connectivity index (χ4v) is 4.51. The molecule has 2 aromatic heterocycles. The second kappa shape index (κ2) is 6.87. The lowest BCUT2D eigenvalue weighted by atomic mass is 9.95. The van der Waals surface area contributed by atoms with Crippen molar-refractivity contribution in [3.05, 3.63) is 33.1 Å². The molecule has 2 heterocycles. The molecule has 1 saturated carbocycles. The van der Waals surface area contributed by atoms with Crippen molar-refractivity contribution in [3.63, 3.8) is 0 Å². The van der Waals surface area contributed by atoms with Crippen LogP contribution >= 0.6 is 11.3 Å². The van der Waals surface area contributed by atoms with Crippen LogP contribution in [0, 0.1) is 6.92 Å². The Morgan fingerprint density at radius 3 is 2.78 bits per heavy atom. The van der Waals surface area contributed by atoms with Crippen LogP contribution in [0.15, 0.2) is 17.1 Å². The highest BCUT2D eigenvalue weighted by molar-refractivity contribution is 7.19. The second-order valence-corrected chi connectivity index (χ2v) is 7.65. The number of nitrogens with one attached hydrogen (secondary N) is 1. The lowest BCUT2D eigenvalue weighted by Crippen LogP contribution is -2.36. The van der Waals surface area contributed by atoms with Crippen molar-refractivity contribution in [1.29, 1.82) is 0 Å². The molecule has 1 fully saturated rings. The molecule has 1 aliphatic rings. The van der Waals surface area contributed by atoms with Crippen molar-refractivity contribution in [1.82, 2.24) is 9.88 Å². The van der Waals surface area contributed by atoms with Gasteiger partial charge in [-0.3, -0.25) is 9.59 Å². The highest BCUT2D eigenvalue weighted by Gasteiger charge is 2.23. The van der Waals surface area contributed by atoms with Crippen LogP contribution in [0.2, 0.25) is 0 Å². The highest BCUT2D eigenvalue weighted by Crippen LogP contribution is 2.29.